The number of nitrogens with one attached hydrogen (secondary N) is 1. The highest BCUT2D eigenvalue weighted by Gasteiger charge is 2.11. The minimum absolute atomic E-state index is 0.461. The van der Waals surface area contributed by atoms with Crippen molar-refractivity contribution in [3.05, 3.63) is 35.7 Å². The van der Waals surface area contributed by atoms with Crippen molar-refractivity contribution >= 4 is 11.3 Å². The molecule has 2 rings (SSSR count). The summed E-state index contributed by atoms with van der Waals surface area (Å²) in [4.78, 5) is 10.7. The molecule has 17 heavy (non-hydrogen) atoms. The lowest BCUT2D eigenvalue weighted by Gasteiger charge is -2.13. The predicted octanol–water partition coefficient (Wildman–Crippen LogP) is 3.27. The average molecular weight is 247 g/mol. The van der Waals surface area contributed by atoms with Crippen LogP contribution < -0.4 is 5.32 Å². The van der Waals surface area contributed by atoms with E-state index in [0.717, 1.165) is 18.5 Å². The lowest BCUT2D eigenvalue weighted by Crippen LogP contribution is -2.18. The van der Waals surface area contributed by atoms with Crippen LogP contribution in [0.2, 0.25) is 0 Å². The molecule has 0 bridgehead atoms. The van der Waals surface area contributed by atoms with E-state index >= 15 is 0 Å². The van der Waals surface area contributed by atoms with Gasteiger partial charge in [-0.3, -0.25) is 0 Å². The minimum Gasteiger partial charge on any atom is -0.310 e. The third-order valence-electron chi connectivity index (χ3n) is 2.67. The molecule has 1 N–H and O–H groups in total. The lowest BCUT2D eigenvalue weighted by atomic mass is 10.2. The van der Waals surface area contributed by atoms with Gasteiger partial charge in [-0.25, -0.2) is 9.97 Å². The molecule has 0 aliphatic carbocycles. The van der Waals surface area contributed by atoms with Crippen molar-refractivity contribution in [3.63, 3.8) is 0 Å². The Bertz CT molecular complexity index is 453. The molecule has 1 unspecified atom stereocenters. The van der Waals surface area contributed by atoms with Gasteiger partial charge in [0.05, 0.1) is 0 Å². The summed E-state index contributed by atoms with van der Waals surface area (Å²) < 4.78 is 0. The van der Waals surface area contributed by atoms with Gasteiger partial charge in [0.2, 0.25) is 0 Å². The Morgan fingerprint density at radius 1 is 1.24 bits per heavy atom. The maximum Gasteiger partial charge on any atom is 0.115 e. The van der Waals surface area contributed by atoms with Crippen molar-refractivity contribution in [2.24, 2.45) is 0 Å². The van der Waals surface area contributed by atoms with Crippen molar-refractivity contribution in [2.45, 2.75) is 26.3 Å². The summed E-state index contributed by atoms with van der Waals surface area (Å²) in [6, 6.07) is 4.81. The van der Waals surface area contributed by atoms with E-state index in [1.165, 1.54) is 9.75 Å². The van der Waals surface area contributed by atoms with Crippen LogP contribution in [0.25, 0.3) is 10.4 Å². The van der Waals surface area contributed by atoms with Gasteiger partial charge in [0.15, 0.2) is 0 Å². The van der Waals surface area contributed by atoms with Gasteiger partial charge < -0.3 is 5.32 Å². The molecule has 0 spiro atoms. The zero-order valence-corrected chi connectivity index (χ0v) is 11.0. The molecular weight excluding hydrogens is 230 g/mol. The quantitative estimate of drug-likeness (QED) is 0.881. The molecule has 0 saturated carbocycles. The summed E-state index contributed by atoms with van der Waals surface area (Å²) >= 11 is 1.82. The molecule has 2 aromatic heterocycles. The van der Waals surface area contributed by atoms with Crippen molar-refractivity contribution in [2.75, 3.05) is 6.54 Å². The van der Waals surface area contributed by atoms with Crippen molar-refractivity contribution in [1.29, 1.82) is 0 Å². The number of hydrogen-bond donors (Lipinski definition) is 1. The number of thiophene rings is 1. The Morgan fingerprint density at radius 2 is 2.00 bits per heavy atom. The smallest absolute Gasteiger partial charge is 0.115 e. The van der Waals surface area contributed by atoms with Crippen LogP contribution in [0.5, 0.6) is 0 Å². The van der Waals surface area contributed by atoms with E-state index in [2.05, 4.69) is 41.3 Å². The van der Waals surface area contributed by atoms with Crippen LogP contribution in [-0.2, 0) is 0 Å². The maximum absolute atomic E-state index is 4.05. The number of nitrogens with zero attached hydrogens (tertiary/aromatic N) is 2. The second kappa shape index (κ2) is 5.89. The van der Waals surface area contributed by atoms with Crippen molar-refractivity contribution < 1.29 is 0 Å². The molecule has 0 amide bonds. The molecule has 0 aliphatic rings. The molecule has 0 aromatic carbocycles. The standard InChI is InChI=1S/C13H17N3S/c1-3-11(16-4-2)13-6-5-12(17-13)10-7-14-9-15-8-10/h5-9,11,16H,3-4H2,1-2H3. The van der Waals surface area contributed by atoms with Gasteiger partial charge in [0, 0.05) is 33.8 Å². The fourth-order valence-electron chi connectivity index (χ4n) is 1.81. The summed E-state index contributed by atoms with van der Waals surface area (Å²) in [6.45, 7) is 5.35. The lowest BCUT2D eigenvalue weighted by molar-refractivity contribution is 0.545. The number of aromatic nitrogens is 2. The van der Waals surface area contributed by atoms with E-state index in [0.29, 0.717) is 6.04 Å². The van der Waals surface area contributed by atoms with Crippen LogP contribution in [0.4, 0.5) is 0 Å². The Morgan fingerprint density at radius 3 is 2.65 bits per heavy atom. The topological polar surface area (TPSA) is 37.8 Å². The second-order valence-electron chi connectivity index (χ2n) is 3.85. The monoisotopic (exact) mass is 247 g/mol. The molecule has 4 heteroatoms. The molecule has 1 atom stereocenters. The highest BCUT2D eigenvalue weighted by molar-refractivity contribution is 7.15. The van der Waals surface area contributed by atoms with Crippen LogP contribution in [0.3, 0.4) is 0 Å². The van der Waals surface area contributed by atoms with Gasteiger partial charge in [-0.05, 0) is 25.1 Å². The van der Waals surface area contributed by atoms with E-state index in [1.807, 2.05) is 23.7 Å². The Labute approximate surface area is 106 Å². The van der Waals surface area contributed by atoms with Gasteiger partial charge in [0.1, 0.15) is 6.33 Å². The van der Waals surface area contributed by atoms with Crippen LogP contribution in [0.1, 0.15) is 31.2 Å². The van der Waals surface area contributed by atoms with Crippen LogP contribution in [-0.4, -0.2) is 16.5 Å². The fraction of sp³-hybridized carbons (Fsp3) is 0.385. The molecular formula is C13H17N3S. The Kier molecular flexibility index (Phi) is 4.23. The molecule has 0 saturated heterocycles. The number of rotatable bonds is 5. The first-order chi connectivity index (χ1) is 8.35. The van der Waals surface area contributed by atoms with E-state index < -0.39 is 0 Å². The van der Waals surface area contributed by atoms with Crippen molar-refractivity contribution in [3.8, 4) is 10.4 Å². The van der Waals surface area contributed by atoms with Crippen LogP contribution in [0.15, 0.2) is 30.9 Å². The number of hydrogen-bond acceptors (Lipinski definition) is 4. The fourth-order valence-corrected chi connectivity index (χ4v) is 2.96. The summed E-state index contributed by atoms with van der Waals surface area (Å²) in [6.07, 6.45) is 6.39. The van der Waals surface area contributed by atoms with E-state index in [4.69, 9.17) is 0 Å². The first-order valence-electron chi connectivity index (χ1n) is 5.93. The third kappa shape index (κ3) is 2.90. The average Bonchev–Trinajstić information content (AvgIpc) is 2.86. The van der Waals surface area contributed by atoms with Gasteiger partial charge in [-0.15, -0.1) is 11.3 Å². The summed E-state index contributed by atoms with van der Waals surface area (Å²) in [7, 11) is 0. The van der Waals surface area contributed by atoms with Gasteiger partial charge in [-0.1, -0.05) is 13.8 Å². The maximum atomic E-state index is 4.05. The van der Waals surface area contributed by atoms with Gasteiger partial charge >= 0.3 is 0 Å². The summed E-state index contributed by atoms with van der Waals surface area (Å²) in [5.41, 5.74) is 1.09. The largest absolute Gasteiger partial charge is 0.310 e. The summed E-state index contributed by atoms with van der Waals surface area (Å²) in [5.74, 6) is 0. The molecule has 2 heterocycles. The molecule has 90 valence electrons. The molecule has 3 nitrogen and oxygen atoms in total. The zero-order valence-electron chi connectivity index (χ0n) is 10.2. The van der Waals surface area contributed by atoms with Crippen LogP contribution >= 0.6 is 11.3 Å². The highest BCUT2D eigenvalue weighted by Crippen LogP contribution is 2.31. The molecule has 0 radical (unpaired) electrons. The Hall–Kier alpha value is -1.26. The van der Waals surface area contributed by atoms with E-state index in [1.54, 1.807) is 6.33 Å². The molecule has 0 fully saturated rings. The molecule has 2 aromatic rings. The van der Waals surface area contributed by atoms with Crippen LogP contribution in [0, 0.1) is 0 Å². The SMILES string of the molecule is CCNC(CC)c1ccc(-c2cncnc2)s1. The Balaban J connectivity index is 2.21. The highest BCUT2D eigenvalue weighted by atomic mass is 32.1. The van der Waals surface area contributed by atoms with E-state index in [9.17, 15) is 0 Å². The zero-order chi connectivity index (χ0) is 12.1. The van der Waals surface area contributed by atoms with E-state index in [-0.39, 0.29) is 0 Å². The van der Waals surface area contributed by atoms with Gasteiger partial charge in [-0.2, -0.15) is 0 Å². The predicted molar refractivity (Wildman–Crippen MR) is 72.1 cm³/mol. The van der Waals surface area contributed by atoms with Gasteiger partial charge in [0.25, 0.3) is 0 Å². The normalized spacial score (nSPS) is 12.6. The minimum atomic E-state index is 0.461. The summed E-state index contributed by atoms with van der Waals surface area (Å²) in [5, 5.41) is 3.49. The first kappa shape index (κ1) is 12.2. The van der Waals surface area contributed by atoms with Crippen molar-refractivity contribution in [1.82, 2.24) is 15.3 Å². The second-order valence-corrected chi connectivity index (χ2v) is 4.96. The first-order valence-corrected chi connectivity index (χ1v) is 6.75. The third-order valence-corrected chi connectivity index (χ3v) is 3.92. The molecule has 0 aliphatic heterocycles.